The summed E-state index contributed by atoms with van der Waals surface area (Å²) in [6.45, 7) is 10.8. The fourth-order valence-corrected chi connectivity index (χ4v) is 3.95. The Labute approximate surface area is 152 Å². The monoisotopic (exact) mass is 365 g/mol. The van der Waals surface area contributed by atoms with E-state index in [0.717, 1.165) is 36.2 Å². The first-order chi connectivity index (χ1) is 11.5. The second kappa shape index (κ2) is 9.13. The number of aryl methyl sites for hydroxylation is 1. The second-order valence-corrected chi connectivity index (χ2v) is 8.46. The Morgan fingerprint density at radius 2 is 2.21 bits per heavy atom. The number of aliphatic imine (C=N–C) groups is 1. The summed E-state index contributed by atoms with van der Waals surface area (Å²) in [5.41, 5.74) is 1.09. The number of rotatable bonds is 7. The van der Waals surface area contributed by atoms with Gasteiger partial charge in [0.2, 0.25) is 0 Å². The van der Waals surface area contributed by atoms with Gasteiger partial charge in [-0.15, -0.1) is 22.7 Å². The van der Waals surface area contributed by atoms with Crippen LogP contribution in [0, 0.1) is 12.8 Å². The number of nitrogens with zero attached hydrogens (tertiary/aromatic N) is 4. The number of hydrogen-bond acceptors (Lipinski definition) is 5. The molecule has 132 valence electrons. The van der Waals surface area contributed by atoms with Crippen LogP contribution in [0.5, 0.6) is 0 Å². The molecule has 0 fully saturated rings. The van der Waals surface area contributed by atoms with Gasteiger partial charge in [-0.2, -0.15) is 0 Å². The molecule has 7 heteroatoms. The predicted molar refractivity (Wildman–Crippen MR) is 104 cm³/mol. The van der Waals surface area contributed by atoms with Crippen LogP contribution >= 0.6 is 22.7 Å². The summed E-state index contributed by atoms with van der Waals surface area (Å²) in [5, 5.41) is 7.76. The van der Waals surface area contributed by atoms with E-state index in [-0.39, 0.29) is 0 Å². The first-order valence-corrected chi connectivity index (χ1v) is 10.0. The molecule has 0 spiro atoms. The zero-order valence-electron chi connectivity index (χ0n) is 15.2. The SMILES string of the molecule is CCNC(=NCc1cnc(CC(C)C)s1)N(C)Cc1csc(C)n1. The lowest BCUT2D eigenvalue weighted by atomic mass is 10.1. The topological polar surface area (TPSA) is 53.4 Å². The van der Waals surface area contributed by atoms with Gasteiger partial charge in [-0.05, 0) is 19.8 Å². The van der Waals surface area contributed by atoms with Crippen molar-refractivity contribution < 1.29 is 0 Å². The molecule has 0 aliphatic heterocycles. The Morgan fingerprint density at radius 3 is 2.83 bits per heavy atom. The van der Waals surface area contributed by atoms with Crippen molar-refractivity contribution in [3.05, 3.63) is 32.2 Å². The summed E-state index contributed by atoms with van der Waals surface area (Å²) in [5.74, 6) is 1.54. The molecule has 0 saturated heterocycles. The van der Waals surface area contributed by atoms with E-state index in [1.54, 1.807) is 22.7 Å². The van der Waals surface area contributed by atoms with Gasteiger partial charge in [0.25, 0.3) is 0 Å². The maximum atomic E-state index is 4.76. The van der Waals surface area contributed by atoms with E-state index in [4.69, 9.17) is 4.99 Å². The zero-order chi connectivity index (χ0) is 17.5. The average molecular weight is 366 g/mol. The largest absolute Gasteiger partial charge is 0.357 e. The molecule has 0 unspecified atom stereocenters. The molecule has 1 N–H and O–H groups in total. The van der Waals surface area contributed by atoms with Gasteiger partial charge in [0.1, 0.15) is 0 Å². The summed E-state index contributed by atoms with van der Waals surface area (Å²) in [7, 11) is 2.05. The fraction of sp³-hybridized carbons (Fsp3) is 0.588. The molecular weight excluding hydrogens is 338 g/mol. The highest BCUT2D eigenvalue weighted by Crippen LogP contribution is 2.17. The second-order valence-electron chi connectivity index (χ2n) is 6.20. The molecule has 0 amide bonds. The highest BCUT2D eigenvalue weighted by molar-refractivity contribution is 7.11. The van der Waals surface area contributed by atoms with Crippen LogP contribution in [0.15, 0.2) is 16.6 Å². The van der Waals surface area contributed by atoms with Crippen molar-refractivity contribution in [2.24, 2.45) is 10.9 Å². The third-order valence-corrected chi connectivity index (χ3v) is 5.16. The standard InChI is InChI=1S/C17H27N5S2/c1-6-18-17(22(5)10-14-11-23-13(4)21-14)20-9-15-8-19-16(24-15)7-12(2)3/h8,11-12H,6-7,9-10H2,1-5H3,(H,18,20). The van der Waals surface area contributed by atoms with Gasteiger partial charge < -0.3 is 10.2 Å². The number of guanidine groups is 1. The van der Waals surface area contributed by atoms with E-state index in [1.807, 2.05) is 20.2 Å². The Morgan fingerprint density at radius 1 is 1.42 bits per heavy atom. The third kappa shape index (κ3) is 5.87. The molecule has 0 radical (unpaired) electrons. The van der Waals surface area contributed by atoms with Crippen molar-refractivity contribution in [3.63, 3.8) is 0 Å². The van der Waals surface area contributed by atoms with Gasteiger partial charge in [0, 0.05) is 36.5 Å². The Hall–Kier alpha value is -1.47. The van der Waals surface area contributed by atoms with E-state index >= 15 is 0 Å². The van der Waals surface area contributed by atoms with Crippen molar-refractivity contribution in [1.82, 2.24) is 20.2 Å². The summed E-state index contributed by atoms with van der Waals surface area (Å²) >= 11 is 3.45. The lowest BCUT2D eigenvalue weighted by Gasteiger charge is -2.21. The number of nitrogens with one attached hydrogen (secondary N) is 1. The van der Waals surface area contributed by atoms with E-state index in [2.05, 4.69) is 46.3 Å². The molecular formula is C17H27N5S2. The summed E-state index contributed by atoms with van der Waals surface area (Å²) in [6.07, 6.45) is 3.00. The van der Waals surface area contributed by atoms with Crippen molar-refractivity contribution in [2.45, 2.75) is 47.2 Å². The highest BCUT2D eigenvalue weighted by atomic mass is 32.1. The maximum absolute atomic E-state index is 4.76. The van der Waals surface area contributed by atoms with E-state index < -0.39 is 0 Å². The van der Waals surface area contributed by atoms with Crippen LogP contribution in [-0.2, 0) is 19.5 Å². The molecule has 0 atom stereocenters. The minimum Gasteiger partial charge on any atom is -0.357 e. The normalized spacial score (nSPS) is 12.0. The molecule has 5 nitrogen and oxygen atoms in total. The molecule has 0 aliphatic rings. The van der Waals surface area contributed by atoms with Crippen LogP contribution in [0.3, 0.4) is 0 Å². The summed E-state index contributed by atoms with van der Waals surface area (Å²) in [4.78, 5) is 17.1. The molecule has 0 bridgehead atoms. The van der Waals surface area contributed by atoms with E-state index in [0.29, 0.717) is 12.5 Å². The molecule has 2 rings (SSSR count). The minimum atomic E-state index is 0.637. The Bertz CT molecular complexity index is 659. The van der Waals surface area contributed by atoms with Gasteiger partial charge in [-0.1, -0.05) is 13.8 Å². The van der Waals surface area contributed by atoms with Crippen LogP contribution in [0.25, 0.3) is 0 Å². The summed E-state index contributed by atoms with van der Waals surface area (Å²) < 4.78 is 0. The molecule has 0 aliphatic carbocycles. The molecule has 0 aromatic carbocycles. The van der Waals surface area contributed by atoms with Crippen LogP contribution in [0.1, 0.15) is 41.4 Å². The highest BCUT2D eigenvalue weighted by Gasteiger charge is 2.09. The van der Waals surface area contributed by atoms with Crippen molar-refractivity contribution in [3.8, 4) is 0 Å². The molecule has 24 heavy (non-hydrogen) atoms. The van der Waals surface area contributed by atoms with E-state index in [9.17, 15) is 0 Å². The molecule has 2 heterocycles. The lowest BCUT2D eigenvalue weighted by molar-refractivity contribution is 0.471. The smallest absolute Gasteiger partial charge is 0.194 e. The predicted octanol–water partition coefficient (Wildman–Crippen LogP) is 3.70. The van der Waals surface area contributed by atoms with Crippen molar-refractivity contribution in [2.75, 3.05) is 13.6 Å². The fourth-order valence-electron chi connectivity index (χ4n) is 2.29. The maximum Gasteiger partial charge on any atom is 0.194 e. The zero-order valence-corrected chi connectivity index (χ0v) is 16.8. The van der Waals surface area contributed by atoms with Crippen LogP contribution < -0.4 is 5.32 Å². The van der Waals surface area contributed by atoms with Crippen molar-refractivity contribution in [1.29, 1.82) is 0 Å². The quantitative estimate of drug-likeness (QED) is 0.600. The van der Waals surface area contributed by atoms with Gasteiger partial charge in [-0.3, -0.25) is 0 Å². The molecule has 0 saturated carbocycles. The lowest BCUT2D eigenvalue weighted by Crippen LogP contribution is -2.38. The average Bonchev–Trinajstić information content (AvgIpc) is 3.12. The number of aromatic nitrogens is 2. The molecule has 2 aromatic heterocycles. The number of hydrogen-bond donors (Lipinski definition) is 1. The van der Waals surface area contributed by atoms with Crippen molar-refractivity contribution >= 4 is 28.6 Å². The first kappa shape index (κ1) is 18.9. The van der Waals surface area contributed by atoms with Crippen LogP contribution in [0.2, 0.25) is 0 Å². The van der Waals surface area contributed by atoms with Gasteiger partial charge >= 0.3 is 0 Å². The van der Waals surface area contributed by atoms with Crippen LogP contribution in [0.4, 0.5) is 0 Å². The van der Waals surface area contributed by atoms with Gasteiger partial charge in [0.15, 0.2) is 5.96 Å². The van der Waals surface area contributed by atoms with Crippen LogP contribution in [-0.4, -0.2) is 34.4 Å². The third-order valence-electron chi connectivity index (χ3n) is 3.33. The first-order valence-electron chi connectivity index (χ1n) is 8.32. The minimum absolute atomic E-state index is 0.637. The molecule has 2 aromatic rings. The van der Waals surface area contributed by atoms with Gasteiger partial charge in [-0.25, -0.2) is 15.0 Å². The van der Waals surface area contributed by atoms with Gasteiger partial charge in [0.05, 0.1) is 28.8 Å². The number of thiazole rings is 2. The van der Waals surface area contributed by atoms with E-state index in [1.165, 1.54) is 9.88 Å². The summed E-state index contributed by atoms with van der Waals surface area (Å²) in [6, 6.07) is 0. The Kier molecular flexibility index (Phi) is 7.17. The Balaban J connectivity index is 2.00.